The zero-order chi connectivity index (χ0) is 12.6. The molecule has 4 nitrogen and oxygen atoms in total. The molecule has 0 amide bonds. The number of carboxylic acids is 1. The molecule has 1 aromatic carbocycles. The number of halogens is 3. The van der Waals surface area contributed by atoms with Crippen molar-refractivity contribution in [2.45, 2.75) is 0 Å². The summed E-state index contributed by atoms with van der Waals surface area (Å²) in [5.41, 5.74) is -0.274. The van der Waals surface area contributed by atoms with Gasteiger partial charge in [-0.1, -0.05) is 16.8 Å². The summed E-state index contributed by atoms with van der Waals surface area (Å²) in [6.45, 7) is 0. The van der Waals surface area contributed by atoms with E-state index in [2.05, 4.69) is 21.1 Å². The summed E-state index contributed by atoms with van der Waals surface area (Å²) in [6, 6.07) is 3.86. The summed E-state index contributed by atoms with van der Waals surface area (Å²) >= 11 is 8.73. The van der Waals surface area contributed by atoms with E-state index in [1.54, 1.807) is 0 Å². The van der Waals surface area contributed by atoms with Crippen molar-refractivity contribution in [3.63, 3.8) is 0 Å². The first kappa shape index (κ1) is 12.1. The number of aromatic carboxylic acids is 1. The van der Waals surface area contributed by atoms with Gasteiger partial charge in [0.1, 0.15) is 10.3 Å². The fourth-order valence-corrected chi connectivity index (χ4v) is 1.95. The summed E-state index contributed by atoms with van der Waals surface area (Å²) in [4.78, 5) is 10.7. The first-order valence-electron chi connectivity index (χ1n) is 4.34. The lowest BCUT2D eigenvalue weighted by atomic mass is 10.1. The lowest BCUT2D eigenvalue weighted by molar-refractivity contribution is 0.0685. The number of rotatable bonds is 2. The van der Waals surface area contributed by atoms with Gasteiger partial charge in [-0.05, 0) is 34.1 Å². The van der Waals surface area contributed by atoms with E-state index in [0.29, 0.717) is 5.02 Å². The van der Waals surface area contributed by atoms with E-state index in [1.807, 2.05) is 0 Å². The normalized spacial score (nSPS) is 10.5. The molecule has 0 bridgehead atoms. The third-order valence-electron chi connectivity index (χ3n) is 2.01. The summed E-state index contributed by atoms with van der Waals surface area (Å²) in [5, 5.41) is 12.4. The molecule has 2 rings (SSSR count). The van der Waals surface area contributed by atoms with E-state index in [4.69, 9.17) is 21.2 Å². The van der Waals surface area contributed by atoms with Crippen LogP contribution in [-0.2, 0) is 0 Å². The van der Waals surface area contributed by atoms with Gasteiger partial charge in [0.15, 0.2) is 5.76 Å². The molecule has 0 atom stereocenters. The molecule has 0 saturated heterocycles. The zero-order valence-electron chi connectivity index (χ0n) is 8.08. The standard InChI is InChI=1S/C10H4BrClFNO3/c11-7-8(10(15)16)14-17-9(7)5-3-4(12)1-2-6(5)13/h1-3H,(H,15,16). The summed E-state index contributed by atoms with van der Waals surface area (Å²) in [7, 11) is 0. The van der Waals surface area contributed by atoms with Gasteiger partial charge in [0.2, 0.25) is 5.69 Å². The Morgan fingerprint density at radius 1 is 1.53 bits per heavy atom. The molecule has 0 aliphatic rings. The van der Waals surface area contributed by atoms with Crippen LogP contribution in [0.3, 0.4) is 0 Å². The van der Waals surface area contributed by atoms with Crippen LogP contribution in [0.4, 0.5) is 4.39 Å². The van der Waals surface area contributed by atoms with Gasteiger partial charge in [0.25, 0.3) is 0 Å². The van der Waals surface area contributed by atoms with E-state index in [-0.39, 0.29) is 21.5 Å². The summed E-state index contributed by atoms with van der Waals surface area (Å²) in [5.74, 6) is -1.86. The molecule has 1 heterocycles. The fourth-order valence-electron chi connectivity index (χ4n) is 1.25. The highest BCUT2D eigenvalue weighted by atomic mass is 79.9. The maximum atomic E-state index is 13.5. The van der Waals surface area contributed by atoms with Gasteiger partial charge in [-0.15, -0.1) is 0 Å². The molecule has 17 heavy (non-hydrogen) atoms. The molecular formula is C10H4BrClFNO3. The predicted molar refractivity (Wildman–Crippen MR) is 61.6 cm³/mol. The number of hydrogen-bond acceptors (Lipinski definition) is 3. The van der Waals surface area contributed by atoms with Crippen molar-refractivity contribution in [3.05, 3.63) is 39.2 Å². The second kappa shape index (κ2) is 4.46. The first-order valence-corrected chi connectivity index (χ1v) is 5.51. The van der Waals surface area contributed by atoms with Gasteiger partial charge in [-0.25, -0.2) is 9.18 Å². The molecule has 7 heteroatoms. The lowest BCUT2D eigenvalue weighted by Gasteiger charge is -1.99. The Labute approximate surface area is 108 Å². The number of carboxylic acid groups (broad SMARTS) is 1. The molecule has 2 aromatic rings. The van der Waals surface area contributed by atoms with E-state index in [1.165, 1.54) is 12.1 Å². The van der Waals surface area contributed by atoms with E-state index < -0.39 is 11.8 Å². The van der Waals surface area contributed by atoms with Crippen LogP contribution in [0.5, 0.6) is 0 Å². The SMILES string of the molecule is O=C(O)c1noc(-c2cc(Cl)ccc2F)c1Br. The van der Waals surface area contributed by atoms with Gasteiger partial charge < -0.3 is 9.63 Å². The third-order valence-corrected chi connectivity index (χ3v) is 2.98. The van der Waals surface area contributed by atoms with Crippen LogP contribution in [0.1, 0.15) is 10.5 Å². The Bertz CT molecular complexity index is 599. The van der Waals surface area contributed by atoms with Crippen molar-refractivity contribution in [2.75, 3.05) is 0 Å². The third kappa shape index (κ3) is 2.18. The maximum absolute atomic E-state index is 13.5. The monoisotopic (exact) mass is 319 g/mol. The van der Waals surface area contributed by atoms with Gasteiger partial charge in [0.05, 0.1) is 5.56 Å². The minimum absolute atomic E-state index is 0.0117. The minimum Gasteiger partial charge on any atom is -0.476 e. The molecule has 0 unspecified atom stereocenters. The summed E-state index contributed by atoms with van der Waals surface area (Å²) < 4.78 is 18.4. The molecule has 0 aliphatic carbocycles. The van der Waals surface area contributed by atoms with Gasteiger partial charge in [0, 0.05) is 5.02 Å². The van der Waals surface area contributed by atoms with Crippen LogP contribution in [0, 0.1) is 5.82 Å². The van der Waals surface area contributed by atoms with Crippen LogP contribution in [0.25, 0.3) is 11.3 Å². The molecular weight excluding hydrogens is 316 g/mol. The largest absolute Gasteiger partial charge is 0.476 e. The second-order valence-electron chi connectivity index (χ2n) is 3.10. The quantitative estimate of drug-likeness (QED) is 0.918. The van der Waals surface area contributed by atoms with Crippen molar-refractivity contribution >= 4 is 33.5 Å². The van der Waals surface area contributed by atoms with E-state index in [9.17, 15) is 9.18 Å². The predicted octanol–water partition coefficient (Wildman–Crippen LogP) is 3.59. The minimum atomic E-state index is -1.27. The molecule has 0 saturated carbocycles. The Kier molecular flexibility index (Phi) is 3.17. The van der Waals surface area contributed by atoms with Crippen molar-refractivity contribution in [3.8, 4) is 11.3 Å². The Morgan fingerprint density at radius 3 is 2.82 bits per heavy atom. The van der Waals surface area contributed by atoms with Crippen LogP contribution in [0.2, 0.25) is 5.02 Å². The van der Waals surface area contributed by atoms with Gasteiger partial charge >= 0.3 is 5.97 Å². The van der Waals surface area contributed by atoms with Crippen LogP contribution in [-0.4, -0.2) is 16.2 Å². The van der Waals surface area contributed by atoms with Crippen LogP contribution < -0.4 is 0 Å². The summed E-state index contributed by atoms with van der Waals surface area (Å²) in [6.07, 6.45) is 0. The zero-order valence-corrected chi connectivity index (χ0v) is 10.4. The first-order chi connectivity index (χ1) is 8.00. The molecule has 0 radical (unpaired) electrons. The van der Waals surface area contributed by atoms with E-state index in [0.717, 1.165) is 6.07 Å². The maximum Gasteiger partial charge on any atom is 0.359 e. The van der Waals surface area contributed by atoms with Gasteiger partial charge in [-0.3, -0.25) is 0 Å². The van der Waals surface area contributed by atoms with Gasteiger partial charge in [-0.2, -0.15) is 0 Å². The topological polar surface area (TPSA) is 63.3 Å². The highest BCUT2D eigenvalue weighted by Crippen LogP contribution is 2.34. The fraction of sp³-hybridized carbons (Fsp3) is 0. The number of carbonyl (C=O) groups is 1. The Balaban J connectivity index is 2.61. The highest BCUT2D eigenvalue weighted by molar-refractivity contribution is 9.10. The highest BCUT2D eigenvalue weighted by Gasteiger charge is 2.22. The Hall–Kier alpha value is -1.40. The second-order valence-corrected chi connectivity index (χ2v) is 4.33. The number of benzene rings is 1. The van der Waals surface area contributed by atoms with Crippen LogP contribution in [0.15, 0.2) is 27.2 Å². The molecule has 88 valence electrons. The lowest BCUT2D eigenvalue weighted by Crippen LogP contribution is -1.96. The van der Waals surface area contributed by atoms with Crippen molar-refractivity contribution in [1.82, 2.24) is 5.16 Å². The Morgan fingerprint density at radius 2 is 2.24 bits per heavy atom. The molecule has 1 N–H and O–H groups in total. The van der Waals surface area contributed by atoms with Crippen molar-refractivity contribution in [2.24, 2.45) is 0 Å². The number of hydrogen-bond donors (Lipinski definition) is 1. The average molecular weight is 321 g/mol. The van der Waals surface area contributed by atoms with Crippen LogP contribution >= 0.6 is 27.5 Å². The molecule has 0 spiro atoms. The number of aromatic nitrogens is 1. The number of nitrogens with zero attached hydrogens (tertiary/aromatic N) is 1. The molecule has 1 aromatic heterocycles. The molecule has 0 fully saturated rings. The smallest absolute Gasteiger partial charge is 0.359 e. The average Bonchev–Trinajstić information content (AvgIpc) is 2.64. The molecule has 0 aliphatic heterocycles. The van der Waals surface area contributed by atoms with Crippen molar-refractivity contribution in [1.29, 1.82) is 0 Å². The van der Waals surface area contributed by atoms with E-state index >= 15 is 0 Å². The van der Waals surface area contributed by atoms with Crippen molar-refractivity contribution < 1.29 is 18.8 Å².